The first-order chi connectivity index (χ1) is 13.4. The maximum atomic E-state index is 12.7. The maximum absolute atomic E-state index is 12.7. The van der Waals surface area contributed by atoms with Crippen molar-refractivity contribution in [2.24, 2.45) is 0 Å². The van der Waals surface area contributed by atoms with Crippen LogP contribution in [0.5, 0.6) is 11.5 Å². The van der Waals surface area contributed by atoms with E-state index in [2.05, 4.69) is 0 Å². The van der Waals surface area contributed by atoms with E-state index in [-0.39, 0.29) is 22.7 Å². The van der Waals surface area contributed by atoms with Crippen molar-refractivity contribution in [3.8, 4) is 11.5 Å². The number of hydrogen-bond donors (Lipinski definition) is 0. The lowest BCUT2D eigenvalue weighted by molar-refractivity contribution is -0.385. The lowest BCUT2D eigenvalue weighted by Crippen LogP contribution is -2.27. The number of para-hydroxylation sites is 1. The van der Waals surface area contributed by atoms with Crippen molar-refractivity contribution in [1.82, 2.24) is 4.90 Å². The maximum Gasteiger partial charge on any atom is 0.293 e. The normalized spacial score (nSPS) is 15.2. The Labute approximate surface area is 164 Å². The average molecular weight is 400 g/mol. The summed E-state index contributed by atoms with van der Waals surface area (Å²) in [5, 5.41) is 10.7. The molecule has 1 heterocycles. The fourth-order valence-electron chi connectivity index (χ4n) is 2.72. The molecule has 2 amide bonds. The van der Waals surface area contributed by atoms with Crippen molar-refractivity contribution in [3.05, 3.63) is 68.6 Å². The number of nitrogens with zero attached hydrogens (tertiary/aromatic N) is 2. The van der Waals surface area contributed by atoms with Crippen molar-refractivity contribution in [2.75, 3.05) is 14.2 Å². The Balaban J connectivity index is 1.91. The predicted molar refractivity (Wildman–Crippen MR) is 104 cm³/mol. The van der Waals surface area contributed by atoms with Gasteiger partial charge in [-0.2, -0.15) is 0 Å². The summed E-state index contributed by atoms with van der Waals surface area (Å²) in [6, 6.07) is 11.1. The first-order valence-electron chi connectivity index (χ1n) is 8.14. The molecule has 0 aliphatic carbocycles. The van der Waals surface area contributed by atoms with Gasteiger partial charge in [-0.1, -0.05) is 18.2 Å². The number of nitro groups is 1. The lowest BCUT2D eigenvalue weighted by atomic mass is 10.1. The van der Waals surface area contributed by atoms with Crippen LogP contribution in [-0.4, -0.2) is 35.2 Å². The minimum atomic E-state index is -0.536. The summed E-state index contributed by atoms with van der Waals surface area (Å²) in [7, 11) is 3.02. The Morgan fingerprint density at radius 3 is 2.57 bits per heavy atom. The van der Waals surface area contributed by atoms with Gasteiger partial charge in [0.1, 0.15) is 11.5 Å². The second kappa shape index (κ2) is 8.13. The van der Waals surface area contributed by atoms with Gasteiger partial charge in [0, 0.05) is 17.2 Å². The number of carbonyl (C=O) groups is 2. The third-order valence-electron chi connectivity index (χ3n) is 4.11. The van der Waals surface area contributed by atoms with E-state index < -0.39 is 16.1 Å². The van der Waals surface area contributed by atoms with Gasteiger partial charge in [0.15, 0.2) is 0 Å². The Bertz CT molecular complexity index is 988. The SMILES string of the molecule is COc1ccc(OC)c(/C=C2/SC(=O)N(Cc3ccccc3[N+](=O)[O-])C2=O)c1. The molecule has 0 N–H and O–H groups in total. The largest absolute Gasteiger partial charge is 0.497 e. The molecule has 144 valence electrons. The first kappa shape index (κ1) is 19.4. The van der Waals surface area contributed by atoms with Gasteiger partial charge >= 0.3 is 0 Å². The van der Waals surface area contributed by atoms with E-state index in [0.717, 1.165) is 16.7 Å². The summed E-state index contributed by atoms with van der Waals surface area (Å²) in [6.45, 7) is -0.172. The zero-order valence-electron chi connectivity index (χ0n) is 15.1. The third-order valence-corrected chi connectivity index (χ3v) is 5.02. The van der Waals surface area contributed by atoms with Crippen LogP contribution in [0.3, 0.4) is 0 Å². The zero-order valence-corrected chi connectivity index (χ0v) is 15.9. The Hall–Kier alpha value is -3.33. The zero-order chi connectivity index (χ0) is 20.3. The molecule has 1 saturated heterocycles. The minimum absolute atomic E-state index is 0.139. The number of amides is 2. The standard InChI is InChI=1S/C19H16N2O6S/c1-26-14-7-8-16(27-2)13(9-14)10-17-18(22)20(19(23)28-17)11-12-5-3-4-6-15(12)21(24)25/h3-10H,11H2,1-2H3/b17-10+. The van der Waals surface area contributed by atoms with Crippen molar-refractivity contribution in [2.45, 2.75) is 6.54 Å². The van der Waals surface area contributed by atoms with Gasteiger partial charge in [-0.05, 0) is 36.0 Å². The van der Waals surface area contributed by atoms with Crippen molar-refractivity contribution < 1.29 is 24.0 Å². The molecule has 8 nitrogen and oxygen atoms in total. The average Bonchev–Trinajstić information content (AvgIpc) is 2.95. The van der Waals surface area contributed by atoms with Gasteiger partial charge in [-0.3, -0.25) is 24.6 Å². The molecule has 28 heavy (non-hydrogen) atoms. The highest BCUT2D eigenvalue weighted by Crippen LogP contribution is 2.36. The van der Waals surface area contributed by atoms with Gasteiger partial charge < -0.3 is 9.47 Å². The minimum Gasteiger partial charge on any atom is -0.497 e. The van der Waals surface area contributed by atoms with E-state index in [0.29, 0.717) is 17.1 Å². The molecule has 0 radical (unpaired) electrons. The molecule has 1 aliphatic heterocycles. The van der Waals surface area contributed by atoms with Crippen LogP contribution in [0.15, 0.2) is 47.4 Å². The van der Waals surface area contributed by atoms with E-state index in [4.69, 9.17) is 9.47 Å². The number of hydrogen-bond acceptors (Lipinski definition) is 7. The highest BCUT2D eigenvalue weighted by Gasteiger charge is 2.36. The van der Waals surface area contributed by atoms with Gasteiger partial charge in [0.05, 0.1) is 30.6 Å². The molecule has 0 bridgehead atoms. The van der Waals surface area contributed by atoms with Crippen molar-refractivity contribution in [1.29, 1.82) is 0 Å². The molecule has 0 spiro atoms. The van der Waals surface area contributed by atoms with E-state index in [9.17, 15) is 19.7 Å². The van der Waals surface area contributed by atoms with Crippen molar-refractivity contribution in [3.63, 3.8) is 0 Å². The van der Waals surface area contributed by atoms with Crippen LogP contribution in [0.1, 0.15) is 11.1 Å². The number of nitro benzene ring substituents is 1. The number of methoxy groups -OCH3 is 2. The Morgan fingerprint density at radius 1 is 1.14 bits per heavy atom. The fourth-order valence-corrected chi connectivity index (χ4v) is 3.55. The van der Waals surface area contributed by atoms with E-state index in [1.165, 1.54) is 32.4 Å². The summed E-state index contributed by atoms with van der Waals surface area (Å²) in [5.74, 6) is 0.579. The van der Waals surface area contributed by atoms with Crippen LogP contribution in [0.2, 0.25) is 0 Å². The molecule has 1 aliphatic rings. The molecule has 0 aromatic heterocycles. The fraction of sp³-hybridized carbons (Fsp3) is 0.158. The molecule has 0 saturated carbocycles. The number of rotatable bonds is 6. The molecule has 3 rings (SSSR count). The van der Waals surface area contributed by atoms with Gasteiger partial charge in [0.25, 0.3) is 16.8 Å². The van der Waals surface area contributed by atoms with Crippen LogP contribution in [0.4, 0.5) is 10.5 Å². The van der Waals surface area contributed by atoms with Gasteiger partial charge in [-0.15, -0.1) is 0 Å². The molecule has 1 fully saturated rings. The molecule has 0 unspecified atom stereocenters. The second-order valence-corrected chi connectivity index (χ2v) is 6.75. The van der Waals surface area contributed by atoms with E-state index >= 15 is 0 Å². The Kier molecular flexibility index (Phi) is 5.65. The summed E-state index contributed by atoms with van der Waals surface area (Å²) in [5.41, 5.74) is 0.730. The van der Waals surface area contributed by atoms with Crippen molar-refractivity contribution >= 4 is 34.7 Å². The van der Waals surface area contributed by atoms with E-state index in [1.54, 1.807) is 30.3 Å². The highest BCUT2D eigenvalue weighted by atomic mass is 32.2. The van der Waals surface area contributed by atoms with Crippen LogP contribution >= 0.6 is 11.8 Å². The Morgan fingerprint density at radius 2 is 1.89 bits per heavy atom. The third kappa shape index (κ3) is 3.84. The summed E-state index contributed by atoms with van der Waals surface area (Å²) >= 11 is 0.775. The summed E-state index contributed by atoms with van der Waals surface area (Å²) in [6.07, 6.45) is 1.55. The van der Waals surface area contributed by atoms with Crippen LogP contribution in [0, 0.1) is 10.1 Å². The molecular formula is C19H16N2O6S. The first-order valence-corrected chi connectivity index (χ1v) is 8.96. The molecule has 0 atom stereocenters. The number of ether oxygens (including phenoxy) is 2. The monoisotopic (exact) mass is 400 g/mol. The van der Waals surface area contributed by atoms with E-state index in [1.807, 2.05) is 0 Å². The lowest BCUT2D eigenvalue weighted by Gasteiger charge is -2.12. The number of benzene rings is 2. The van der Waals surface area contributed by atoms with Crippen LogP contribution in [-0.2, 0) is 11.3 Å². The highest BCUT2D eigenvalue weighted by molar-refractivity contribution is 8.18. The molecule has 2 aromatic carbocycles. The summed E-state index contributed by atoms with van der Waals surface area (Å²) < 4.78 is 10.5. The molecular weight excluding hydrogens is 384 g/mol. The second-order valence-electron chi connectivity index (χ2n) is 5.76. The molecule has 9 heteroatoms. The van der Waals surface area contributed by atoms with Crippen LogP contribution < -0.4 is 9.47 Å². The quantitative estimate of drug-likeness (QED) is 0.412. The topological polar surface area (TPSA) is 99.0 Å². The number of imide groups is 1. The predicted octanol–water partition coefficient (Wildman–Crippen LogP) is 3.85. The van der Waals surface area contributed by atoms with Gasteiger partial charge in [-0.25, -0.2) is 0 Å². The number of carbonyl (C=O) groups excluding carboxylic acids is 2. The molecule has 2 aromatic rings. The van der Waals surface area contributed by atoms with Gasteiger partial charge in [0.2, 0.25) is 0 Å². The smallest absolute Gasteiger partial charge is 0.293 e. The van der Waals surface area contributed by atoms with Crippen LogP contribution in [0.25, 0.3) is 6.08 Å². The summed E-state index contributed by atoms with van der Waals surface area (Å²) in [4.78, 5) is 36.9. The number of thioether (sulfide) groups is 1.